The van der Waals surface area contributed by atoms with Gasteiger partial charge in [-0.05, 0) is 58.7 Å². The number of hydrogen-bond acceptors (Lipinski definition) is 6. The predicted molar refractivity (Wildman–Crippen MR) is 145 cm³/mol. The highest BCUT2D eigenvalue weighted by molar-refractivity contribution is 5.56. The van der Waals surface area contributed by atoms with E-state index in [1.807, 2.05) is 48.5 Å². The van der Waals surface area contributed by atoms with Crippen molar-refractivity contribution in [2.45, 2.75) is 13.2 Å². The molecule has 0 unspecified atom stereocenters. The minimum Gasteiger partial charge on any atom is -0.489 e. The normalized spacial score (nSPS) is 10.7. The lowest BCUT2D eigenvalue weighted by molar-refractivity contribution is -0.384. The van der Waals surface area contributed by atoms with Crippen molar-refractivity contribution in [3.05, 3.63) is 137 Å². The molecule has 0 heterocycles. The standard InChI is InChI=1S/C30H25N3O4/c1-3-22-7-5-9-24(17-22)20-36-28-15-16-29(32-31-26-11-13-27(14-12-26)33(34)35)30(19-28)37-21-25-10-6-8-23(4-2)18-25/h3-19H,1-2,20-21H2. The first-order chi connectivity index (χ1) is 18.0. The molecule has 184 valence electrons. The third kappa shape index (κ3) is 6.99. The number of nitrogens with zero attached hydrogens (tertiary/aromatic N) is 3. The van der Waals surface area contributed by atoms with Crippen LogP contribution >= 0.6 is 0 Å². The predicted octanol–water partition coefficient (Wildman–Crippen LogP) is 8.45. The first-order valence-electron chi connectivity index (χ1n) is 11.5. The molecule has 4 aromatic carbocycles. The fraction of sp³-hybridized carbons (Fsp3) is 0.0667. The SMILES string of the molecule is C=Cc1cccc(COc2ccc(N=Nc3ccc([N+](=O)[O-])cc3)c(OCc3cccc(C=C)c3)c2)c1. The van der Waals surface area contributed by atoms with Crippen molar-refractivity contribution in [3.63, 3.8) is 0 Å². The van der Waals surface area contributed by atoms with Crippen molar-refractivity contribution in [1.82, 2.24) is 0 Å². The Morgan fingerprint density at radius 1 is 0.757 bits per heavy atom. The molecular weight excluding hydrogens is 466 g/mol. The van der Waals surface area contributed by atoms with Crippen LogP contribution in [0.15, 0.2) is 114 Å². The number of non-ortho nitro benzene ring substituents is 1. The molecule has 0 saturated heterocycles. The Bertz CT molecular complexity index is 1450. The molecule has 0 aliphatic carbocycles. The second-order valence-electron chi connectivity index (χ2n) is 8.08. The Hall–Kier alpha value is -5.04. The van der Waals surface area contributed by atoms with Gasteiger partial charge in [-0.1, -0.05) is 61.7 Å². The van der Waals surface area contributed by atoms with E-state index in [4.69, 9.17) is 9.47 Å². The van der Waals surface area contributed by atoms with Gasteiger partial charge in [-0.2, -0.15) is 5.11 Å². The van der Waals surface area contributed by atoms with Crippen molar-refractivity contribution >= 4 is 29.2 Å². The van der Waals surface area contributed by atoms with Crippen LogP contribution in [-0.4, -0.2) is 4.92 Å². The molecule has 4 rings (SSSR count). The van der Waals surface area contributed by atoms with Gasteiger partial charge in [0.15, 0.2) is 5.75 Å². The van der Waals surface area contributed by atoms with Crippen LogP contribution in [0.4, 0.5) is 17.1 Å². The number of rotatable bonds is 11. The van der Waals surface area contributed by atoms with Gasteiger partial charge in [0.05, 0.1) is 10.6 Å². The van der Waals surface area contributed by atoms with Crippen LogP contribution in [0.1, 0.15) is 22.3 Å². The highest BCUT2D eigenvalue weighted by Gasteiger charge is 2.09. The molecule has 7 heteroatoms. The average Bonchev–Trinajstić information content (AvgIpc) is 2.94. The molecule has 0 spiro atoms. The fourth-order valence-electron chi connectivity index (χ4n) is 3.48. The van der Waals surface area contributed by atoms with Crippen LogP contribution in [0.25, 0.3) is 12.2 Å². The molecule has 0 amide bonds. The number of nitro benzene ring substituents is 1. The number of hydrogen-bond donors (Lipinski definition) is 0. The van der Waals surface area contributed by atoms with E-state index in [2.05, 4.69) is 23.4 Å². The molecule has 0 N–H and O–H groups in total. The van der Waals surface area contributed by atoms with Gasteiger partial charge in [-0.3, -0.25) is 10.1 Å². The molecule has 0 aromatic heterocycles. The van der Waals surface area contributed by atoms with Crippen LogP contribution in [0.5, 0.6) is 11.5 Å². The summed E-state index contributed by atoms with van der Waals surface area (Å²) >= 11 is 0. The molecule has 0 saturated carbocycles. The third-order valence-electron chi connectivity index (χ3n) is 5.44. The maximum atomic E-state index is 10.9. The number of azo groups is 1. The Morgan fingerprint density at radius 3 is 1.97 bits per heavy atom. The Balaban J connectivity index is 1.56. The monoisotopic (exact) mass is 491 g/mol. The fourth-order valence-corrected chi connectivity index (χ4v) is 3.48. The van der Waals surface area contributed by atoms with Crippen molar-refractivity contribution in [3.8, 4) is 11.5 Å². The number of nitro groups is 1. The van der Waals surface area contributed by atoms with Crippen LogP contribution in [0, 0.1) is 10.1 Å². The van der Waals surface area contributed by atoms with Crippen LogP contribution < -0.4 is 9.47 Å². The Morgan fingerprint density at radius 2 is 1.38 bits per heavy atom. The molecule has 37 heavy (non-hydrogen) atoms. The number of ether oxygens (including phenoxy) is 2. The summed E-state index contributed by atoms with van der Waals surface area (Å²) in [4.78, 5) is 10.4. The van der Waals surface area contributed by atoms with Crippen LogP contribution in [0.2, 0.25) is 0 Å². The quantitative estimate of drug-likeness (QED) is 0.120. The molecule has 4 aromatic rings. The highest BCUT2D eigenvalue weighted by atomic mass is 16.6. The van der Waals surface area contributed by atoms with E-state index in [0.29, 0.717) is 36.1 Å². The molecule has 7 nitrogen and oxygen atoms in total. The lowest BCUT2D eigenvalue weighted by Crippen LogP contribution is -1.98. The van der Waals surface area contributed by atoms with Crippen molar-refractivity contribution in [1.29, 1.82) is 0 Å². The topological polar surface area (TPSA) is 86.3 Å². The molecule has 0 atom stereocenters. The largest absolute Gasteiger partial charge is 0.489 e. The second-order valence-corrected chi connectivity index (χ2v) is 8.08. The summed E-state index contributed by atoms with van der Waals surface area (Å²) in [5.41, 5.74) is 4.99. The molecule has 0 radical (unpaired) electrons. The van der Waals surface area contributed by atoms with Gasteiger partial charge < -0.3 is 9.47 Å². The zero-order valence-electron chi connectivity index (χ0n) is 20.1. The molecule has 0 bridgehead atoms. The third-order valence-corrected chi connectivity index (χ3v) is 5.44. The summed E-state index contributed by atoms with van der Waals surface area (Å²) < 4.78 is 12.1. The lowest BCUT2D eigenvalue weighted by atomic mass is 10.1. The average molecular weight is 492 g/mol. The zero-order valence-corrected chi connectivity index (χ0v) is 20.1. The summed E-state index contributed by atoms with van der Waals surface area (Å²) in [6, 6.07) is 27.0. The van der Waals surface area contributed by atoms with Crippen molar-refractivity contribution in [2.75, 3.05) is 0 Å². The minimum absolute atomic E-state index is 0.00939. The summed E-state index contributed by atoms with van der Waals surface area (Å²) in [5, 5.41) is 19.4. The van der Waals surface area contributed by atoms with Gasteiger partial charge in [-0.25, -0.2) is 0 Å². The molecular formula is C30H25N3O4. The van der Waals surface area contributed by atoms with Gasteiger partial charge in [0, 0.05) is 18.2 Å². The van der Waals surface area contributed by atoms with E-state index in [0.717, 1.165) is 22.3 Å². The van der Waals surface area contributed by atoms with E-state index < -0.39 is 4.92 Å². The highest BCUT2D eigenvalue weighted by Crippen LogP contribution is 2.34. The zero-order chi connectivity index (χ0) is 26.0. The summed E-state index contributed by atoms with van der Waals surface area (Å²) in [6.07, 6.45) is 3.57. The second kappa shape index (κ2) is 12.1. The van der Waals surface area contributed by atoms with E-state index in [1.165, 1.54) is 24.3 Å². The molecule has 0 aliphatic rings. The minimum atomic E-state index is -0.458. The van der Waals surface area contributed by atoms with E-state index in [9.17, 15) is 10.1 Å². The van der Waals surface area contributed by atoms with Crippen LogP contribution in [0.3, 0.4) is 0 Å². The number of benzene rings is 4. The van der Waals surface area contributed by atoms with Gasteiger partial charge >= 0.3 is 0 Å². The lowest BCUT2D eigenvalue weighted by Gasteiger charge is -2.12. The van der Waals surface area contributed by atoms with Gasteiger partial charge in [0.1, 0.15) is 24.7 Å². The van der Waals surface area contributed by atoms with Crippen LogP contribution in [-0.2, 0) is 13.2 Å². The maximum absolute atomic E-state index is 10.9. The van der Waals surface area contributed by atoms with Gasteiger partial charge in [0.2, 0.25) is 0 Å². The van der Waals surface area contributed by atoms with Gasteiger partial charge in [-0.15, -0.1) is 5.11 Å². The Kier molecular flexibility index (Phi) is 8.18. The Labute approximate surface area is 215 Å². The van der Waals surface area contributed by atoms with E-state index in [-0.39, 0.29) is 5.69 Å². The summed E-state index contributed by atoms with van der Waals surface area (Å²) in [5.74, 6) is 1.11. The van der Waals surface area contributed by atoms with E-state index >= 15 is 0 Å². The summed E-state index contributed by atoms with van der Waals surface area (Å²) in [6.45, 7) is 8.31. The van der Waals surface area contributed by atoms with E-state index in [1.54, 1.807) is 30.4 Å². The first-order valence-corrected chi connectivity index (χ1v) is 11.5. The first kappa shape index (κ1) is 25.1. The molecule has 0 aliphatic heterocycles. The van der Waals surface area contributed by atoms with Crippen molar-refractivity contribution in [2.24, 2.45) is 10.2 Å². The van der Waals surface area contributed by atoms with Crippen molar-refractivity contribution < 1.29 is 14.4 Å². The summed E-state index contributed by atoms with van der Waals surface area (Å²) in [7, 11) is 0. The maximum Gasteiger partial charge on any atom is 0.269 e. The van der Waals surface area contributed by atoms with Gasteiger partial charge in [0.25, 0.3) is 5.69 Å². The smallest absolute Gasteiger partial charge is 0.269 e. The molecule has 0 fully saturated rings.